The summed E-state index contributed by atoms with van der Waals surface area (Å²) in [4.78, 5) is 23.4. The molecule has 0 atom stereocenters. The molecule has 0 aliphatic carbocycles. The maximum Gasteiger partial charge on any atom is 0.221 e. The van der Waals surface area contributed by atoms with Gasteiger partial charge in [-0.3, -0.25) is 9.59 Å². The topological polar surface area (TPSA) is 55.4 Å². The van der Waals surface area contributed by atoms with Crippen molar-refractivity contribution < 1.29 is 23.1 Å². The van der Waals surface area contributed by atoms with E-state index in [0.29, 0.717) is 17.0 Å². The van der Waals surface area contributed by atoms with Gasteiger partial charge in [0.25, 0.3) is 0 Å². The summed E-state index contributed by atoms with van der Waals surface area (Å²) in [7, 11) is 1.44. The van der Waals surface area contributed by atoms with E-state index in [4.69, 9.17) is 4.74 Å². The van der Waals surface area contributed by atoms with E-state index < -0.39 is 17.4 Å². The number of anilines is 1. The van der Waals surface area contributed by atoms with Crippen LogP contribution in [-0.4, -0.2) is 18.8 Å². The highest BCUT2D eigenvalue weighted by molar-refractivity contribution is 6.08. The van der Waals surface area contributed by atoms with E-state index in [1.165, 1.54) is 44.4 Å². The second kappa shape index (κ2) is 7.50. The number of rotatable bonds is 5. The number of carbonyl (C=O) groups is 2. The Morgan fingerprint density at radius 2 is 1.88 bits per heavy atom. The molecule has 1 amide bonds. The van der Waals surface area contributed by atoms with Crippen molar-refractivity contribution in [3.63, 3.8) is 0 Å². The molecule has 4 nitrogen and oxygen atoms in total. The van der Waals surface area contributed by atoms with Crippen LogP contribution in [0.15, 0.2) is 42.5 Å². The third kappa shape index (κ3) is 4.25. The number of nitrogens with one attached hydrogen (secondary N) is 1. The lowest BCUT2D eigenvalue weighted by Gasteiger charge is -2.09. The van der Waals surface area contributed by atoms with E-state index in [-0.39, 0.29) is 11.5 Å². The zero-order chi connectivity index (χ0) is 17.7. The second-order valence-corrected chi connectivity index (χ2v) is 4.96. The monoisotopic (exact) mass is 331 g/mol. The summed E-state index contributed by atoms with van der Waals surface area (Å²) in [6.07, 6.45) is 2.44. The Balaban J connectivity index is 2.26. The fraction of sp³-hybridized carbons (Fsp3) is 0.111. The minimum atomic E-state index is -0.757. The maximum atomic E-state index is 13.5. The first-order chi connectivity index (χ1) is 11.4. The van der Waals surface area contributed by atoms with Crippen LogP contribution in [0, 0.1) is 11.6 Å². The third-order valence-electron chi connectivity index (χ3n) is 3.17. The fourth-order valence-corrected chi connectivity index (χ4v) is 2.05. The Morgan fingerprint density at radius 1 is 1.12 bits per heavy atom. The zero-order valence-corrected chi connectivity index (χ0v) is 13.1. The van der Waals surface area contributed by atoms with E-state index >= 15 is 0 Å². The van der Waals surface area contributed by atoms with Crippen molar-refractivity contribution in [2.75, 3.05) is 12.4 Å². The van der Waals surface area contributed by atoms with Crippen molar-refractivity contribution in [1.82, 2.24) is 0 Å². The molecule has 2 rings (SSSR count). The first-order valence-corrected chi connectivity index (χ1v) is 7.04. The summed E-state index contributed by atoms with van der Waals surface area (Å²) in [6.45, 7) is 1.34. The van der Waals surface area contributed by atoms with Crippen LogP contribution in [0.25, 0.3) is 6.08 Å². The van der Waals surface area contributed by atoms with Crippen LogP contribution in [0.3, 0.4) is 0 Å². The second-order valence-electron chi connectivity index (χ2n) is 4.96. The zero-order valence-electron chi connectivity index (χ0n) is 13.1. The first-order valence-electron chi connectivity index (χ1n) is 7.04. The largest absolute Gasteiger partial charge is 0.495 e. The molecule has 6 heteroatoms. The van der Waals surface area contributed by atoms with Crippen LogP contribution < -0.4 is 10.1 Å². The Bertz CT molecular complexity index is 816. The quantitative estimate of drug-likeness (QED) is 0.669. The van der Waals surface area contributed by atoms with Gasteiger partial charge in [-0.05, 0) is 42.5 Å². The van der Waals surface area contributed by atoms with Crippen LogP contribution in [0.4, 0.5) is 14.5 Å². The normalized spacial score (nSPS) is 10.7. The molecule has 0 aliphatic heterocycles. The molecule has 0 saturated heterocycles. The smallest absolute Gasteiger partial charge is 0.221 e. The van der Waals surface area contributed by atoms with Crippen LogP contribution in [0.1, 0.15) is 22.8 Å². The first kappa shape index (κ1) is 17.3. The number of carbonyl (C=O) groups excluding carboxylic acids is 2. The van der Waals surface area contributed by atoms with Gasteiger partial charge in [0.2, 0.25) is 5.91 Å². The standard InChI is InChI=1S/C18H15F2NO3/c1-11(22)21-16-9-13(5-8-18(16)24-2)17(23)7-4-12-3-6-14(19)10-15(12)20/h3-10H,1-2H3,(H,21,22)/b7-4-. The van der Waals surface area contributed by atoms with Crippen LogP contribution in [0.5, 0.6) is 5.75 Å². The number of amides is 1. The molecule has 0 unspecified atom stereocenters. The number of ether oxygens (including phenoxy) is 1. The van der Waals surface area contributed by atoms with Gasteiger partial charge in [-0.25, -0.2) is 8.78 Å². The Morgan fingerprint density at radius 3 is 2.50 bits per heavy atom. The highest BCUT2D eigenvalue weighted by Gasteiger charge is 2.10. The molecule has 0 aliphatic rings. The minimum Gasteiger partial charge on any atom is -0.495 e. The molecule has 124 valence electrons. The average molecular weight is 331 g/mol. The van der Waals surface area contributed by atoms with Crippen molar-refractivity contribution in [2.45, 2.75) is 6.92 Å². The number of methoxy groups -OCH3 is 1. The van der Waals surface area contributed by atoms with Crippen LogP contribution in [0.2, 0.25) is 0 Å². The SMILES string of the molecule is COc1ccc(C(=O)/C=C\c2ccc(F)cc2F)cc1NC(C)=O. The van der Waals surface area contributed by atoms with Gasteiger partial charge in [0.15, 0.2) is 5.78 Å². The molecule has 0 heterocycles. The van der Waals surface area contributed by atoms with Gasteiger partial charge >= 0.3 is 0 Å². The lowest BCUT2D eigenvalue weighted by atomic mass is 10.1. The summed E-state index contributed by atoms with van der Waals surface area (Å²) in [6, 6.07) is 7.63. The summed E-state index contributed by atoms with van der Waals surface area (Å²) < 4.78 is 31.5. The predicted octanol–water partition coefficient (Wildman–Crippen LogP) is 3.83. The molecule has 0 fully saturated rings. The number of ketones is 1. The molecular formula is C18H15F2NO3. The van der Waals surface area contributed by atoms with Gasteiger partial charge in [0.05, 0.1) is 12.8 Å². The van der Waals surface area contributed by atoms with E-state index in [9.17, 15) is 18.4 Å². The summed E-state index contributed by atoms with van der Waals surface area (Å²) >= 11 is 0. The highest BCUT2D eigenvalue weighted by Crippen LogP contribution is 2.26. The molecule has 0 bridgehead atoms. The lowest BCUT2D eigenvalue weighted by molar-refractivity contribution is -0.114. The molecule has 2 aromatic rings. The average Bonchev–Trinajstić information content (AvgIpc) is 2.53. The van der Waals surface area contributed by atoms with Crippen LogP contribution >= 0.6 is 0 Å². The van der Waals surface area contributed by atoms with E-state index in [2.05, 4.69) is 5.32 Å². The number of benzene rings is 2. The number of halogens is 2. The highest BCUT2D eigenvalue weighted by atomic mass is 19.1. The van der Waals surface area contributed by atoms with Gasteiger partial charge in [0.1, 0.15) is 17.4 Å². The van der Waals surface area contributed by atoms with Crippen molar-refractivity contribution in [1.29, 1.82) is 0 Å². The number of hydrogen-bond acceptors (Lipinski definition) is 3. The minimum absolute atomic E-state index is 0.0975. The van der Waals surface area contributed by atoms with Crippen LogP contribution in [-0.2, 0) is 4.79 Å². The molecular weight excluding hydrogens is 316 g/mol. The van der Waals surface area contributed by atoms with E-state index in [1.54, 1.807) is 6.07 Å². The number of allylic oxidation sites excluding steroid dienone is 1. The van der Waals surface area contributed by atoms with Gasteiger partial charge in [-0.1, -0.05) is 0 Å². The van der Waals surface area contributed by atoms with E-state index in [0.717, 1.165) is 12.1 Å². The van der Waals surface area contributed by atoms with Crippen molar-refractivity contribution in [3.8, 4) is 5.75 Å². The Kier molecular flexibility index (Phi) is 5.42. The molecule has 2 aromatic carbocycles. The third-order valence-corrected chi connectivity index (χ3v) is 3.17. The number of hydrogen-bond donors (Lipinski definition) is 1. The molecule has 0 aromatic heterocycles. The molecule has 0 radical (unpaired) electrons. The Hall–Kier alpha value is -3.02. The molecule has 0 spiro atoms. The van der Waals surface area contributed by atoms with Gasteiger partial charge in [-0.15, -0.1) is 0 Å². The van der Waals surface area contributed by atoms with Crippen molar-refractivity contribution in [3.05, 3.63) is 65.2 Å². The van der Waals surface area contributed by atoms with E-state index in [1.807, 2.05) is 0 Å². The van der Waals surface area contributed by atoms with Gasteiger partial charge < -0.3 is 10.1 Å². The lowest BCUT2D eigenvalue weighted by Crippen LogP contribution is -2.08. The van der Waals surface area contributed by atoms with Gasteiger partial charge in [0, 0.05) is 24.1 Å². The summed E-state index contributed by atoms with van der Waals surface area (Å²) in [5.41, 5.74) is 0.746. The maximum absolute atomic E-state index is 13.5. The fourth-order valence-electron chi connectivity index (χ4n) is 2.05. The van der Waals surface area contributed by atoms with Gasteiger partial charge in [-0.2, -0.15) is 0 Å². The summed E-state index contributed by atoms with van der Waals surface area (Å²) in [5, 5.41) is 2.57. The Labute approximate surface area is 137 Å². The van der Waals surface area contributed by atoms with Crippen molar-refractivity contribution in [2.24, 2.45) is 0 Å². The van der Waals surface area contributed by atoms with Crippen molar-refractivity contribution >= 4 is 23.5 Å². The predicted molar refractivity (Wildman–Crippen MR) is 87.0 cm³/mol. The summed E-state index contributed by atoms with van der Waals surface area (Å²) in [5.74, 6) is -1.73. The molecule has 24 heavy (non-hydrogen) atoms. The molecule has 0 saturated carbocycles. The molecule has 1 N–H and O–H groups in total.